The number of rotatable bonds is 3. The molecular weight excluding hydrogens is 208 g/mol. The SMILES string of the molecule is Cc1cc(C)c(CNC2CCCC2N)cc1C. The average molecular weight is 232 g/mol. The van der Waals surface area contributed by atoms with Gasteiger partial charge in [0.05, 0.1) is 0 Å². The number of hydrogen-bond donors (Lipinski definition) is 2. The van der Waals surface area contributed by atoms with Crippen molar-refractivity contribution < 1.29 is 0 Å². The summed E-state index contributed by atoms with van der Waals surface area (Å²) >= 11 is 0. The predicted octanol–water partition coefficient (Wildman–Crippen LogP) is 2.58. The lowest BCUT2D eigenvalue weighted by atomic mass is 10.0. The summed E-state index contributed by atoms with van der Waals surface area (Å²) in [5.41, 5.74) is 11.6. The van der Waals surface area contributed by atoms with Gasteiger partial charge >= 0.3 is 0 Å². The van der Waals surface area contributed by atoms with Gasteiger partial charge in [0.2, 0.25) is 0 Å². The maximum atomic E-state index is 6.07. The molecule has 2 nitrogen and oxygen atoms in total. The highest BCUT2D eigenvalue weighted by Gasteiger charge is 2.23. The summed E-state index contributed by atoms with van der Waals surface area (Å²) in [6.45, 7) is 7.50. The van der Waals surface area contributed by atoms with E-state index in [0.717, 1.165) is 6.54 Å². The lowest BCUT2D eigenvalue weighted by Crippen LogP contribution is -2.40. The van der Waals surface area contributed by atoms with E-state index in [0.29, 0.717) is 12.1 Å². The van der Waals surface area contributed by atoms with Crippen molar-refractivity contribution in [2.45, 2.75) is 58.7 Å². The molecule has 0 amide bonds. The Hall–Kier alpha value is -0.860. The lowest BCUT2D eigenvalue weighted by Gasteiger charge is -2.18. The normalized spacial score (nSPS) is 24.2. The fourth-order valence-corrected chi connectivity index (χ4v) is 2.69. The number of benzene rings is 1. The Kier molecular flexibility index (Phi) is 3.85. The van der Waals surface area contributed by atoms with Gasteiger partial charge in [-0.3, -0.25) is 0 Å². The van der Waals surface area contributed by atoms with Gasteiger partial charge in [-0.25, -0.2) is 0 Å². The van der Waals surface area contributed by atoms with E-state index in [1.807, 2.05) is 0 Å². The van der Waals surface area contributed by atoms with Gasteiger partial charge in [-0.1, -0.05) is 18.6 Å². The summed E-state index contributed by atoms with van der Waals surface area (Å²) in [5.74, 6) is 0. The molecule has 1 aromatic rings. The standard InChI is InChI=1S/C15H24N2/c1-10-7-12(3)13(8-11(10)2)9-17-15-6-4-5-14(15)16/h7-8,14-15,17H,4-6,9,16H2,1-3H3. The largest absolute Gasteiger partial charge is 0.326 e. The Labute approximate surface area is 105 Å². The van der Waals surface area contributed by atoms with Gasteiger partial charge in [-0.15, -0.1) is 0 Å². The van der Waals surface area contributed by atoms with Crippen molar-refractivity contribution in [2.75, 3.05) is 0 Å². The second-order valence-corrected chi connectivity index (χ2v) is 5.45. The molecule has 2 heteroatoms. The van der Waals surface area contributed by atoms with Crippen molar-refractivity contribution in [3.63, 3.8) is 0 Å². The Morgan fingerprint density at radius 1 is 1.12 bits per heavy atom. The van der Waals surface area contributed by atoms with E-state index in [9.17, 15) is 0 Å². The average Bonchev–Trinajstić information content (AvgIpc) is 2.68. The highest BCUT2D eigenvalue weighted by atomic mass is 15.0. The number of nitrogens with one attached hydrogen (secondary N) is 1. The van der Waals surface area contributed by atoms with Crippen LogP contribution in [0.5, 0.6) is 0 Å². The molecule has 1 saturated carbocycles. The zero-order valence-electron chi connectivity index (χ0n) is 11.2. The summed E-state index contributed by atoms with van der Waals surface area (Å²) in [6.07, 6.45) is 3.67. The van der Waals surface area contributed by atoms with Crippen LogP contribution in [0.3, 0.4) is 0 Å². The van der Waals surface area contributed by atoms with E-state index in [4.69, 9.17) is 5.73 Å². The van der Waals surface area contributed by atoms with Crippen molar-refractivity contribution in [3.05, 3.63) is 34.4 Å². The van der Waals surface area contributed by atoms with E-state index in [1.54, 1.807) is 0 Å². The molecular formula is C15H24N2. The highest BCUT2D eigenvalue weighted by molar-refractivity contribution is 5.36. The smallest absolute Gasteiger partial charge is 0.0222 e. The maximum Gasteiger partial charge on any atom is 0.0222 e. The van der Waals surface area contributed by atoms with E-state index >= 15 is 0 Å². The first-order chi connectivity index (χ1) is 8.08. The van der Waals surface area contributed by atoms with Crippen LogP contribution in [0.4, 0.5) is 0 Å². The molecule has 0 spiro atoms. The predicted molar refractivity (Wildman–Crippen MR) is 73.1 cm³/mol. The van der Waals surface area contributed by atoms with Gasteiger partial charge in [-0.2, -0.15) is 0 Å². The molecule has 2 unspecified atom stereocenters. The van der Waals surface area contributed by atoms with Crippen molar-refractivity contribution in [2.24, 2.45) is 5.73 Å². The summed E-state index contributed by atoms with van der Waals surface area (Å²) in [7, 11) is 0. The van der Waals surface area contributed by atoms with Crippen LogP contribution in [0.15, 0.2) is 12.1 Å². The molecule has 0 radical (unpaired) electrons. The third-order valence-corrected chi connectivity index (χ3v) is 4.08. The van der Waals surface area contributed by atoms with Gasteiger partial charge < -0.3 is 11.1 Å². The molecule has 0 aromatic heterocycles. The molecule has 17 heavy (non-hydrogen) atoms. The van der Waals surface area contributed by atoms with Gasteiger partial charge in [0.15, 0.2) is 0 Å². The van der Waals surface area contributed by atoms with Crippen LogP contribution in [0.1, 0.15) is 41.5 Å². The van der Waals surface area contributed by atoms with Gasteiger partial charge in [-0.05, 0) is 55.9 Å². The van der Waals surface area contributed by atoms with Crippen LogP contribution in [0.2, 0.25) is 0 Å². The first-order valence-electron chi connectivity index (χ1n) is 6.63. The quantitative estimate of drug-likeness (QED) is 0.840. The van der Waals surface area contributed by atoms with E-state index in [-0.39, 0.29) is 0 Å². The van der Waals surface area contributed by atoms with Gasteiger partial charge in [0.1, 0.15) is 0 Å². The van der Waals surface area contributed by atoms with Crippen molar-refractivity contribution in [1.29, 1.82) is 0 Å². The Morgan fingerprint density at radius 2 is 1.82 bits per heavy atom. The minimum atomic E-state index is 0.349. The molecule has 3 N–H and O–H groups in total. The van der Waals surface area contributed by atoms with Crippen LogP contribution in [0, 0.1) is 20.8 Å². The summed E-state index contributed by atoms with van der Waals surface area (Å²) < 4.78 is 0. The molecule has 2 rings (SSSR count). The van der Waals surface area contributed by atoms with Crippen LogP contribution in [0.25, 0.3) is 0 Å². The molecule has 2 atom stereocenters. The zero-order valence-corrected chi connectivity index (χ0v) is 11.2. The van der Waals surface area contributed by atoms with Crippen LogP contribution >= 0.6 is 0 Å². The van der Waals surface area contributed by atoms with Crippen molar-refractivity contribution >= 4 is 0 Å². The molecule has 1 aliphatic rings. The minimum Gasteiger partial charge on any atom is -0.326 e. The maximum absolute atomic E-state index is 6.07. The van der Waals surface area contributed by atoms with Crippen molar-refractivity contribution in [3.8, 4) is 0 Å². The zero-order chi connectivity index (χ0) is 12.4. The molecule has 0 aliphatic heterocycles. The van der Waals surface area contributed by atoms with Crippen LogP contribution in [-0.2, 0) is 6.54 Å². The first-order valence-corrected chi connectivity index (χ1v) is 6.63. The Morgan fingerprint density at radius 3 is 2.47 bits per heavy atom. The molecule has 1 fully saturated rings. The minimum absolute atomic E-state index is 0.349. The van der Waals surface area contributed by atoms with E-state index in [2.05, 4.69) is 38.2 Å². The second kappa shape index (κ2) is 5.19. The summed E-state index contributed by atoms with van der Waals surface area (Å²) in [4.78, 5) is 0. The molecule has 1 aliphatic carbocycles. The van der Waals surface area contributed by atoms with Crippen LogP contribution < -0.4 is 11.1 Å². The molecule has 0 bridgehead atoms. The fraction of sp³-hybridized carbons (Fsp3) is 0.600. The van der Waals surface area contributed by atoms with Crippen molar-refractivity contribution in [1.82, 2.24) is 5.32 Å². The van der Waals surface area contributed by atoms with Gasteiger partial charge in [0, 0.05) is 18.6 Å². The molecule has 0 heterocycles. The Bertz CT molecular complexity index is 398. The summed E-state index contributed by atoms with van der Waals surface area (Å²) in [5, 5.41) is 3.61. The topological polar surface area (TPSA) is 38.0 Å². The number of hydrogen-bond acceptors (Lipinski definition) is 2. The number of aryl methyl sites for hydroxylation is 3. The monoisotopic (exact) mass is 232 g/mol. The molecule has 94 valence electrons. The third kappa shape index (κ3) is 2.88. The Balaban J connectivity index is 2.01. The van der Waals surface area contributed by atoms with Gasteiger partial charge in [0.25, 0.3) is 0 Å². The van der Waals surface area contributed by atoms with Crippen LogP contribution in [-0.4, -0.2) is 12.1 Å². The molecule has 0 saturated heterocycles. The second-order valence-electron chi connectivity index (χ2n) is 5.45. The first kappa shape index (κ1) is 12.6. The highest BCUT2D eigenvalue weighted by Crippen LogP contribution is 2.19. The van der Waals surface area contributed by atoms with E-state index in [1.165, 1.54) is 41.5 Å². The lowest BCUT2D eigenvalue weighted by molar-refractivity contribution is 0.475. The number of nitrogens with two attached hydrogens (primary N) is 1. The fourth-order valence-electron chi connectivity index (χ4n) is 2.69. The summed E-state index contributed by atoms with van der Waals surface area (Å²) in [6, 6.07) is 5.44. The molecule has 1 aromatic carbocycles. The third-order valence-electron chi connectivity index (χ3n) is 4.08. The van der Waals surface area contributed by atoms with E-state index < -0.39 is 0 Å².